The number of anilines is 1. The molecule has 2 aliphatic rings. The molecule has 1 aromatic carbocycles. The van der Waals surface area contributed by atoms with Gasteiger partial charge in [0.1, 0.15) is 0 Å². The van der Waals surface area contributed by atoms with Gasteiger partial charge in [-0.05, 0) is 19.2 Å². The SMILES string of the molecule is CN(CC(=O)Nc1ccc2c(c1)OCO2)CC(=O)N1CCNCC1. The highest BCUT2D eigenvalue weighted by molar-refractivity contribution is 5.93. The number of piperazine rings is 1. The van der Waals surface area contributed by atoms with Crippen LogP contribution in [0.1, 0.15) is 0 Å². The van der Waals surface area contributed by atoms with Gasteiger partial charge in [0.05, 0.1) is 13.1 Å². The Kier molecular flexibility index (Phi) is 5.17. The van der Waals surface area contributed by atoms with Crippen molar-refractivity contribution in [2.75, 3.05) is 58.4 Å². The monoisotopic (exact) mass is 334 g/mol. The summed E-state index contributed by atoms with van der Waals surface area (Å²) in [6, 6.07) is 5.25. The van der Waals surface area contributed by atoms with Gasteiger partial charge < -0.3 is 25.0 Å². The molecule has 130 valence electrons. The first kappa shape index (κ1) is 16.5. The molecule has 2 amide bonds. The Morgan fingerprint density at radius 3 is 2.75 bits per heavy atom. The number of benzene rings is 1. The van der Waals surface area contributed by atoms with Gasteiger partial charge in [-0.2, -0.15) is 0 Å². The van der Waals surface area contributed by atoms with Crippen LogP contribution in [0.25, 0.3) is 0 Å². The highest BCUT2D eigenvalue weighted by Gasteiger charge is 2.19. The molecule has 24 heavy (non-hydrogen) atoms. The first-order valence-electron chi connectivity index (χ1n) is 7.98. The van der Waals surface area contributed by atoms with Crippen molar-refractivity contribution in [3.8, 4) is 11.5 Å². The number of carbonyl (C=O) groups is 2. The highest BCUT2D eigenvalue weighted by atomic mass is 16.7. The van der Waals surface area contributed by atoms with Gasteiger partial charge in [0.15, 0.2) is 11.5 Å². The molecule has 1 aromatic rings. The third kappa shape index (κ3) is 4.15. The summed E-state index contributed by atoms with van der Waals surface area (Å²) >= 11 is 0. The number of ether oxygens (including phenoxy) is 2. The smallest absolute Gasteiger partial charge is 0.238 e. The van der Waals surface area contributed by atoms with Gasteiger partial charge in [0, 0.05) is 37.9 Å². The Hall–Kier alpha value is -2.32. The Morgan fingerprint density at radius 2 is 1.96 bits per heavy atom. The van der Waals surface area contributed by atoms with Gasteiger partial charge in [-0.25, -0.2) is 0 Å². The fourth-order valence-corrected chi connectivity index (χ4v) is 2.72. The van der Waals surface area contributed by atoms with Crippen LogP contribution in [0.5, 0.6) is 11.5 Å². The second-order valence-electron chi connectivity index (χ2n) is 5.92. The standard InChI is InChI=1S/C16H22N4O4/c1-19(10-16(22)20-6-4-17-5-7-20)9-15(21)18-12-2-3-13-14(8-12)24-11-23-13/h2-3,8,17H,4-7,9-11H2,1H3,(H,18,21). The van der Waals surface area contributed by atoms with E-state index >= 15 is 0 Å². The molecule has 2 aliphatic heterocycles. The van der Waals surface area contributed by atoms with Crippen LogP contribution in [0.15, 0.2) is 18.2 Å². The maximum atomic E-state index is 12.2. The molecule has 3 rings (SSSR count). The average molecular weight is 334 g/mol. The van der Waals surface area contributed by atoms with Crippen molar-refractivity contribution in [1.82, 2.24) is 15.1 Å². The lowest BCUT2D eigenvalue weighted by atomic mass is 10.2. The minimum atomic E-state index is -0.176. The first-order valence-corrected chi connectivity index (χ1v) is 7.98. The number of carbonyl (C=O) groups excluding carboxylic acids is 2. The van der Waals surface area contributed by atoms with Crippen molar-refractivity contribution < 1.29 is 19.1 Å². The topological polar surface area (TPSA) is 83.1 Å². The summed E-state index contributed by atoms with van der Waals surface area (Å²) in [5, 5.41) is 6.01. The van der Waals surface area contributed by atoms with E-state index < -0.39 is 0 Å². The molecule has 8 nitrogen and oxygen atoms in total. The molecule has 1 saturated heterocycles. The zero-order valence-electron chi connectivity index (χ0n) is 13.7. The van der Waals surface area contributed by atoms with Crippen LogP contribution in [-0.4, -0.2) is 74.7 Å². The molecule has 0 bridgehead atoms. The number of nitrogens with one attached hydrogen (secondary N) is 2. The first-order chi connectivity index (χ1) is 11.6. The van der Waals surface area contributed by atoms with E-state index in [1.54, 1.807) is 30.1 Å². The second-order valence-corrected chi connectivity index (χ2v) is 5.92. The van der Waals surface area contributed by atoms with Crippen LogP contribution in [0.4, 0.5) is 5.69 Å². The van der Waals surface area contributed by atoms with Crippen LogP contribution in [0, 0.1) is 0 Å². The number of hydrogen-bond acceptors (Lipinski definition) is 6. The molecule has 0 spiro atoms. The lowest BCUT2D eigenvalue weighted by Crippen LogP contribution is -2.49. The van der Waals surface area contributed by atoms with Gasteiger partial charge in [-0.1, -0.05) is 0 Å². The summed E-state index contributed by atoms with van der Waals surface area (Å²) in [7, 11) is 1.76. The molecule has 0 atom stereocenters. The normalized spacial score (nSPS) is 16.3. The summed E-state index contributed by atoms with van der Waals surface area (Å²) in [5.41, 5.74) is 0.645. The van der Waals surface area contributed by atoms with Gasteiger partial charge in [-0.3, -0.25) is 14.5 Å². The quantitative estimate of drug-likeness (QED) is 0.770. The lowest BCUT2D eigenvalue weighted by molar-refractivity contribution is -0.133. The predicted octanol–water partition coefficient (Wildman–Crippen LogP) is -0.283. The molecule has 0 radical (unpaired) electrons. The largest absolute Gasteiger partial charge is 0.454 e. The van der Waals surface area contributed by atoms with Crippen molar-refractivity contribution in [2.45, 2.75) is 0 Å². The van der Waals surface area contributed by atoms with E-state index in [2.05, 4.69) is 10.6 Å². The van der Waals surface area contributed by atoms with Crippen molar-refractivity contribution in [3.05, 3.63) is 18.2 Å². The number of likely N-dealkylation sites (N-methyl/N-ethyl adjacent to an activating group) is 1. The maximum Gasteiger partial charge on any atom is 0.238 e. The average Bonchev–Trinajstić information content (AvgIpc) is 3.03. The molecule has 2 heterocycles. The highest BCUT2D eigenvalue weighted by Crippen LogP contribution is 2.34. The molecule has 0 unspecified atom stereocenters. The van der Waals surface area contributed by atoms with E-state index in [-0.39, 0.29) is 31.7 Å². The van der Waals surface area contributed by atoms with Gasteiger partial charge in [0.25, 0.3) is 0 Å². The van der Waals surface area contributed by atoms with Gasteiger partial charge >= 0.3 is 0 Å². The van der Waals surface area contributed by atoms with E-state index in [9.17, 15) is 9.59 Å². The summed E-state index contributed by atoms with van der Waals surface area (Å²) in [4.78, 5) is 27.8. The third-order valence-corrected chi connectivity index (χ3v) is 3.94. The van der Waals surface area contributed by atoms with E-state index in [0.29, 0.717) is 17.2 Å². The van der Waals surface area contributed by atoms with Crippen LogP contribution < -0.4 is 20.1 Å². The summed E-state index contributed by atoms with van der Waals surface area (Å²) < 4.78 is 10.5. The number of fused-ring (bicyclic) bond motifs is 1. The van der Waals surface area contributed by atoms with E-state index in [1.807, 2.05) is 4.90 Å². The Morgan fingerprint density at radius 1 is 1.21 bits per heavy atom. The molecule has 8 heteroatoms. The molecule has 0 saturated carbocycles. The van der Waals surface area contributed by atoms with Crippen LogP contribution in [0.3, 0.4) is 0 Å². The fourth-order valence-electron chi connectivity index (χ4n) is 2.72. The summed E-state index contributed by atoms with van der Waals surface area (Å²) in [6.07, 6.45) is 0. The predicted molar refractivity (Wildman–Crippen MR) is 88.1 cm³/mol. The van der Waals surface area contributed by atoms with E-state index in [4.69, 9.17) is 9.47 Å². The van der Waals surface area contributed by atoms with Crippen molar-refractivity contribution in [3.63, 3.8) is 0 Å². The molecule has 1 fully saturated rings. The molecular weight excluding hydrogens is 312 g/mol. The number of amides is 2. The summed E-state index contributed by atoms with van der Waals surface area (Å²) in [6.45, 7) is 3.65. The number of nitrogens with zero attached hydrogens (tertiary/aromatic N) is 2. The van der Waals surface area contributed by atoms with Crippen LogP contribution >= 0.6 is 0 Å². The second kappa shape index (κ2) is 7.50. The lowest BCUT2D eigenvalue weighted by Gasteiger charge is -2.29. The van der Waals surface area contributed by atoms with Crippen molar-refractivity contribution >= 4 is 17.5 Å². The Labute approximate surface area is 140 Å². The summed E-state index contributed by atoms with van der Waals surface area (Å²) in [5.74, 6) is 1.17. The van der Waals surface area contributed by atoms with Crippen LogP contribution in [-0.2, 0) is 9.59 Å². The van der Waals surface area contributed by atoms with Crippen molar-refractivity contribution in [1.29, 1.82) is 0 Å². The zero-order valence-corrected chi connectivity index (χ0v) is 13.7. The Balaban J connectivity index is 1.46. The van der Waals surface area contributed by atoms with Gasteiger partial charge in [-0.15, -0.1) is 0 Å². The number of rotatable bonds is 5. The fraction of sp³-hybridized carbons (Fsp3) is 0.500. The van der Waals surface area contributed by atoms with Gasteiger partial charge in [0.2, 0.25) is 18.6 Å². The minimum absolute atomic E-state index is 0.0508. The molecular formula is C16H22N4O4. The van der Waals surface area contributed by atoms with Crippen LogP contribution in [0.2, 0.25) is 0 Å². The molecule has 2 N–H and O–H groups in total. The van der Waals surface area contributed by atoms with Crippen molar-refractivity contribution in [2.24, 2.45) is 0 Å². The maximum absolute atomic E-state index is 12.2. The van der Waals surface area contributed by atoms with E-state index in [0.717, 1.165) is 26.2 Å². The third-order valence-electron chi connectivity index (χ3n) is 3.94. The van der Waals surface area contributed by atoms with E-state index in [1.165, 1.54) is 0 Å². The minimum Gasteiger partial charge on any atom is -0.454 e. The zero-order chi connectivity index (χ0) is 16.9. The molecule has 0 aromatic heterocycles. The molecule has 0 aliphatic carbocycles. The Bertz CT molecular complexity index is 616. The number of hydrogen-bond donors (Lipinski definition) is 2.